The lowest BCUT2D eigenvalue weighted by molar-refractivity contribution is -0.154. The first-order valence-electron chi connectivity index (χ1n) is 7.36. The highest BCUT2D eigenvalue weighted by molar-refractivity contribution is 5.69. The molecule has 0 saturated heterocycles. The van der Waals surface area contributed by atoms with Crippen molar-refractivity contribution in [3.63, 3.8) is 0 Å². The Morgan fingerprint density at radius 2 is 1.89 bits per heavy atom. The summed E-state index contributed by atoms with van der Waals surface area (Å²) in [6, 6.07) is 0.271. The molecule has 3 heteroatoms. The molecule has 1 rings (SSSR count). The Bertz CT molecular complexity index is 252. The summed E-state index contributed by atoms with van der Waals surface area (Å²) in [6.07, 6.45) is 8.85. The smallest absolute Gasteiger partial charge is 0.306 e. The summed E-state index contributed by atoms with van der Waals surface area (Å²) in [5, 5.41) is 0. The zero-order valence-corrected chi connectivity index (χ0v) is 12.2. The predicted octanol–water partition coefficient (Wildman–Crippen LogP) is 3.41. The third-order valence-corrected chi connectivity index (χ3v) is 3.59. The molecule has 0 aromatic rings. The molecule has 1 atom stereocenters. The van der Waals surface area contributed by atoms with Crippen LogP contribution in [0.4, 0.5) is 0 Å². The average Bonchev–Trinajstić information content (AvgIpc) is 2.27. The van der Waals surface area contributed by atoms with Crippen LogP contribution in [0.5, 0.6) is 0 Å². The molecule has 0 heterocycles. The van der Waals surface area contributed by atoms with Gasteiger partial charge in [0.25, 0.3) is 0 Å². The van der Waals surface area contributed by atoms with Crippen LogP contribution in [-0.2, 0) is 9.53 Å². The molecule has 1 fully saturated rings. The van der Waals surface area contributed by atoms with E-state index in [2.05, 4.69) is 0 Å². The monoisotopic (exact) mass is 255 g/mol. The molecule has 0 amide bonds. The van der Waals surface area contributed by atoms with Gasteiger partial charge in [0.15, 0.2) is 0 Å². The van der Waals surface area contributed by atoms with Crippen molar-refractivity contribution in [1.82, 2.24) is 0 Å². The number of hydrogen-bond donors (Lipinski definition) is 1. The highest BCUT2D eigenvalue weighted by Gasteiger charge is 2.21. The highest BCUT2D eigenvalue weighted by Crippen LogP contribution is 2.27. The van der Waals surface area contributed by atoms with Crippen molar-refractivity contribution in [3.8, 4) is 0 Å². The van der Waals surface area contributed by atoms with Crippen LogP contribution in [0.25, 0.3) is 0 Å². The number of carbonyl (C=O) groups is 1. The molecule has 1 aliphatic carbocycles. The van der Waals surface area contributed by atoms with Crippen molar-refractivity contribution in [2.24, 2.45) is 11.7 Å². The number of hydrogen-bond acceptors (Lipinski definition) is 3. The van der Waals surface area contributed by atoms with E-state index < -0.39 is 0 Å². The minimum absolute atomic E-state index is 0.0988. The number of rotatable bonds is 5. The van der Waals surface area contributed by atoms with Gasteiger partial charge < -0.3 is 10.5 Å². The van der Waals surface area contributed by atoms with E-state index >= 15 is 0 Å². The third kappa shape index (κ3) is 6.39. The first kappa shape index (κ1) is 15.5. The summed E-state index contributed by atoms with van der Waals surface area (Å²) >= 11 is 0. The summed E-state index contributed by atoms with van der Waals surface area (Å²) in [5.74, 6) is 0.579. The second kappa shape index (κ2) is 7.13. The first-order valence-corrected chi connectivity index (χ1v) is 7.36. The molecule has 0 aromatic heterocycles. The molecular formula is C15H29NO2. The molecule has 0 radical (unpaired) electrons. The van der Waals surface area contributed by atoms with E-state index in [1.54, 1.807) is 0 Å². The minimum Gasteiger partial charge on any atom is -0.460 e. The Kier molecular flexibility index (Phi) is 6.13. The quantitative estimate of drug-likeness (QED) is 0.766. The number of nitrogens with two attached hydrogens (primary N) is 1. The molecule has 1 aliphatic rings. The van der Waals surface area contributed by atoms with Crippen LogP contribution in [-0.4, -0.2) is 17.6 Å². The summed E-state index contributed by atoms with van der Waals surface area (Å²) in [5.41, 5.74) is 5.84. The van der Waals surface area contributed by atoms with Gasteiger partial charge in [0, 0.05) is 12.5 Å². The molecule has 3 nitrogen and oxygen atoms in total. The van der Waals surface area contributed by atoms with E-state index in [1.807, 2.05) is 20.8 Å². The standard InChI is InChI=1S/C15H29NO2/c1-15(2,3)18-14(17)11-7-10-13(16)12-8-5-4-6-9-12/h12-13H,4-11,16H2,1-3H3. The van der Waals surface area contributed by atoms with Gasteiger partial charge in [0.05, 0.1) is 0 Å². The minimum atomic E-state index is -0.372. The lowest BCUT2D eigenvalue weighted by Crippen LogP contribution is -2.31. The fourth-order valence-electron chi connectivity index (χ4n) is 2.67. The van der Waals surface area contributed by atoms with E-state index in [4.69, 9.17) is 10.5 Å². The van der Waals surface area contributed by atoms with Gasteiger partial charge in [0.1, 0.15) is 5.60 Å². The number of esters is 1. The topological polar surface area (TPSA) is 52.3 Å². The Morgan fingerprint density at radius 1 is 1.28 bits per heavy atom. The van der Waals surface area contributed by atoms with Crippen molar-refractivity contribution < 1.29 is 9.53 Å². The Hall–Kier alpha value is -0.570. The van der Waals surface area contributed by atoms with Gasteiger partial charge >= 0.3 is 5.97 Å². The second-order valence-corrected chi connectivity index (χ2v) is 6.54. The summed E-state index contributed by atoms with van der Waals surface area (Å²) in [4.78, 5) is 11.6. The van der Waals surface area contributed by atoms with Gasteiger partial charge in [-0.25, -0.2) is 0 Å². The van der Waals surface area contributed by atoms with Gasteiger partial charge in [-0.05, 0) is 52.4 Å². The van der Waals surface area contributed by atoms with Gasteiger partial charge in [-0.1, -0.05) is 19.3 Å². The van der Waals surface area contributed by atoms with E-state index in [0.29, 0.717) is 12.3 Å². The molecule has 0 spiro atoms. The van der Waals surface area contributed by atoms with Crippen LogP contribution in [0.3, 0.4) is 0 Å². The van der Waals surface area contributed by atoms with Crippen LogP contribution >= 0.6 is 0 Å². The molecule has 18 heavy (non-hydrogen) atoms. The van der Waals surface area contributed by atoms with Crippen molar-refractivity contribution in [3.05, 3.63) is 0 Å². The van der Waals surface area contributed by atoms with Crippen LogP contribution in [0.2, 0.25) is 0 Å². The third-order valence-electron chi connectivity index (χ3n) is 3.59. The van der Waals surface area contributed by atoms with Crippen LogP contribution < -0.4 is 5.73 Å². The van der Waals surface area contributed by atoms with Gasteiger partial charge in [-0.2, -0.15) is 0 Å². The van der Waals surface area contributed by atoms with Crippen LogP contribution in [0, 0.1) is 5.92 Å². The van der Waals surface area contributed by atoms with Crippen LogP contribution in [0.15, 0.2) is 0 Å². The Morgan fingerprint density at radius 3 is 2.44 bits per heavy atom. The zero-order chi connectivity index (χ0) is 13.6. The van der Waals surface area contributed by atoms with Gasteiger partial charge in [-0.15, -0.1) is 0 Å². The largest absolute Gasteiger partial charge is 0.460 e. The summed E-state index contributed by atoms with van der Waals surface area (Å²) in [7, 11) is 0. The lowest BCUT2D eigenvalue weighted by atomic mass is 9.82. The lowest BCUT2D eigenvalue weighted by Gasteiger charge is -2.27. The van der Waals surface area contributed by atoms with Crippen molar-refractivity contribution in [1.29, 1.82) is 0 Å². The fraction of sp³-hybridized carbons (Fsp3) is 0.933. The van der Waals surface area contributed by atoms with E-state index in [9.17, 15) is 4.79 Å². The van der Waals surface area contributed by atoms with E-state index in [-0.39, 0.29) is 17.6 Å². The Balaban J connectivity index is 2.14. The molecule has 0 bridgehead atoms. The molecule has 2 N–H and O–H groups in total. The van der Waals surface area contributed by atoms with Crippen molar-refractivity contribution in [2.45, 2.75) is 83.8 Å². The molecular weight excluding hydrogens is 226 g/mol. The van der Waals surface area contributed by atoms with E-state index in [1.165, 1.54) is 32.1 Å². The normalized spacial score (nSPS) is 19.6. The predicted molar refractivity (Wildman–Crippen MR) is 74.2 cm³/mol. The maximum absolute atomic E-state index is 11.6. The first-order chi connectivity index (χ1) is 8.38. The maximum Gasteiger partial charge on any atom is 0.306 e. The Labute approximate surface area is 111 Å². The summed E-state index contributed by atoms with van der Waals surface area (Å²) in [6.45, 7) is 5.70. The SMILES string of the molecule is CC(C)(C)OC(=O)CCCC(N)C1CCCCC1. The van der Waals surface area contributed by atoms with Gasteiger partial charge in [0.2, 0.25) is 0 Å². The molecule has 1 unspecified atom stereocenters. The van der Waals surface area contributed by atoms with E-state index in [0.717, 1.165) is 12.8 Å². The molecule has 106 valence electrons. The molecule has 1 saturated carbocycles. The van der Waals surface area contributed by atoms with Gasteiger partial charge in [-0.3, -0.25) is 4.79 Å². The zero-order valence-electron chi connectivity index (χ0n) is 12.2. The second-order valence-electron chi connectivity index (χ2n) is 6.54. The highest BCUT2D eigenvalue weighted by atomic mass is 16.6. The molecule has 0 aromatic carbocycles. The fourth-order valence-corrected chi connectivity index (χ4v) is 2.67. The average molecular weight is 255 g/mol. The maximum atomic E-state index is 11.6. The molecule has 0 aliphatic heterocycles. The summed E-state index contributed by atoms with van der Waals surface area (Å²) < 4.78 is 5.29. The number of carbonyl (C=O) groups excluding carboxylic acids is 1. The number of ether oxygens (including phenoxy) is 1. The van der Waals surface area contributed by atoms with Crippen molar-refractivity contribution >= 4 is 5.97 Å². The van der Waals surface area contributed by atoms with Crippen LogP contribution in [0.1, 0.15) is 72.1 Å². The van der Waals surface area contributed by atoms with Crippen molar-refractivity contribution in [2.75, 3.05) is 0 Å².